The number of oxime groups is 1. The molecule has 0 aliphatic heterocycles. The smallest absolute Gasteiger partial charge is 0.0863 e. The van der Waals surface area contributed by atoms with Gasteiger partial charge in [-0.1, -0.05) is 5.16 Å². The Labute approximate surface area is 106 Å². The maximum atomic E-state index is 9.27. The second kappa shape index (κ2) is 4.94. The average Bonchev–Trinajstić information content (AvgIpc) is 2.41. The molecule has 0 amide bonds. The van der Waals surface area contributed by atoms with Crippen molar-refractivity contribution in [3.05, 3.63) is 0 Å². The summed E-state index contributed by atoms with van der Waals surface area (Å²) in [5.41, 5.74) is 1.03. The Balaban J connectivity index is 2.69. The molecule has 2 atom stereocenters. The Bertz CT molecular complexity index is 260. The Kier molecular flexibility index (Phi) is 4.20. The molecule has 1 rings (SSSR count). The summed E-state index contributed by atoms with van der Waals surface area (Å²) in [6, 6.07) is 0. The number of quaternary nitrogens is 2. The van der Waals surface area contributed by atoms with E-state index in [4.69, 9.17) is 0 Å². The van der Waals surface area contributed by atoms with Crippen molar-refractivity contribution < 1.29 is 14.2 Å². The van der Waals surface area contributed by atoms with Gasteiger partial charge in [0.15, 0.2) is 0 Å². The van der Waals surface area contributed by atoms with Crippen LogP contribution in [0.15, 0.2) is 5.16 Å². The zero-order valence-electron chi connectivity index (χ0n) is 12.3. The molecule has 1 saturated carbocycles. The van der Waals surface area contributed by atoms with E-state index < -0.39 is 0 Å². The van der Waals surface area contributed by atoms with Gasteiger partial charge in [0.25, 0.3) is 0 Å². The Morgan fingerprint density at radius 2 is 1.29 bits per heavy atom. The minimum atomic E-state index is 0.455. The molecular weight excluding hydrogens is 214 g/mol. The van der Waals surface area contributed by atoms with Crippen molar-refractivity contribution in [1.82, 2.24) is 0 Å². The van der Waals surface area contributed by atoms with Crippen molar-refractivity contribution in [1.29, 1.82) is 0 Å². The summed E-state index contributed by atoms with van der Waals surface area (Å²) >= 11 is 0. The second-order valence-corrected chi connectivity index (χ2v) is 7.44. The lowest BCUT2D eigenvalue weighted by atomic mass is 10.00. The summed E-state index contributed by atoms with van der Waals surface area (Å²) < 4.78 is 1.86. The van der Waals surface area contributed by atoms with Crippen LogP contribution in [0, 0.1) is 11.8 Å². The Morgan fingerprint density at radius 1 is 0.941 bits per heavy atom. The predicted molar refractivity (Wildman–Crippen MR) is 71.2 cm³/mol. The summed E-state index contributed by atoms with van der Waals surface area (Å²) in [5.74, 6) is 0.910. The fourth-order valence-corrected chi connectivity index (χ4v) is 2.89. The van der Waals surface area contributed by atoms with E-state index in [0.29, 0.717) is 11.8 Å². The third-order valence-corrected chi connectivity index (χ3v) is 3.35. The molecule has 0 radical (unpaired) electrons. The molecule has 17 heavy (non-hydrogen) atoms. The third-order valence-electron chi connectivity index (χ3n) is 3.35. The molecule has 4 nitrogen and oxygen atoms in total. The molecule has 0 heterocycles. The number of hydrogen-bond acceptors (Lipinski definition) is 2. The van der Waals surface area contributed by atoms with Crippen LogP contribution in [0.25, 0.3) is 0 Å². The van der Waals surface area contributed by atoms with Crippen LogP contribution in [0.5, 0.6) is 0 Å². The first-order valence-corrected chi connectivity index (χ1v) is 6.45. The highest BCUT2D eigenvalue weighted by Gasteiger charge is 2.38. The van der Waals surface area contributed by atoms with Crippen LogP contribution in [0.3, 0.4) is 0 Å². The zero-order chi connectivity index (χ0) is 13.3. The summed E-state index contributed by atoms with van der Waals surface area (Å²) in [4.78, 5) is 0. The monoisotopic (exact) mass is 243 g/mol. The molecule has 1 fully saturated rings. The van der Waals surface area contributed by atoms with Gasteiger partial charge in [0.2, 0.25) is 0 Å². The maximum absolute atomic E-state index is 9.27. The highest BCUT2D eigenvalue weighted by Crippen LogP contribution is 2.30. The molecule has 1 N–H and O–H groups in total. The van der Waals surface area contributed by atoms with Crippen molar-refractivity contribution >= 4 is 5.71 Å². The highest BCUT2D eigenvalue weighted by atomic mass is 16.4. The minimum Gasteiger partial charge on any atom is -0.411 e. The lowest BCUT2D eigenvalue weighted by molar-refractivity contribution is -0.873. The molecule has 0 aromatic heterocycles. The van der Waals surface area contributed by atoms with Gasteiger partial charge in [0.05, 0.1) is 72.9 Å². The van der Waals surface area contributed by atoms with E-state index >= 15 is 0 Å². The predicted octanol–water partition coefficient (Wildman–Crippen LogP) is 1.26. The van der Waals surface area contributed by atoms with E-state index in [0.717, 1.165) is 27.8 Å². The third kappa shape index (κ3) is 4.64. The van der Waals surface area contributed by atoms with Gasteiger partial charge in [0, 0.05) is 0 Å². The van der Waals surface area contributed by atoms with E-state index in [1.54, 1.807) is 0 Å². The highest BCUT2D eigenvalue weighted by molar-refractivity contribution is 5.90. The van der Waals surface area contributed by atoms with Crippen LogP contribution in [0.2, 0.25) is 0 Å². The molecule has 1 aliphatic rings. The van der Waals surface area contributed by atoms with Crippen molar-refractivity contribution in [3.63, 3.8) is 0 Å². The van der Waals surface area contributed by atoms with Crippen LogP contribution in [0.1, 0.15) is 12.8 Å². The first-order valence-electron chi connectivity index (χ1n) is 6.45. The van der Waals surface area contributed by atoms with E-state index in [1.807, 2.05) is 0 Å². The van der Waals surface area contributed by atoms with Gasteiger partial charge < -0.3 is 14.2 Å². The molecular formula is C13H29N3O+2. The fraction of sp³-hybridized carbons (Fsp3) is 0.923. The molecule has 4 heteroatoms. The lowest BCUT2D eigenvalue weighted by Gasteiger charge is -2.29. The van der Waals surface area contributed by atoms with E-state index in [2.05, 4.69) is 47.4 Å². The first-order chi connectivity index (χ1) is 7.62. The first kappa shape index (κ1) is 14.5. The molecule has 1 aliphatic carbocycles. The quantitative estimate of drug-likeness (QED) is 0.450. The van der Waals surface area contributed by atoms with Crippen LogP contribution in [-0.4, -0.2) is 75.3 Å². The lowest BCUT2D eigenvalue weighted by Crippen LogP contribution is -2.43. The molecule has 0 spiro atoms. The maximum Gasteiger partial charge on any atom is 0.0863 e. The topological polar surface area (TPSA) is 32.6 Å². The number of rotatable bonds is 4. The Hall–Kier alpha value is -0.610. The van der Waals surface area contributed by atoms with Crippen LogP contribution in [0.4, 0.5) is 0 Å². The molecule has 0 bridgehead atoms. The number of hydrogen-bond donors (Lipinski definition) is 1. The summed E-state index contributed by atoms with van der Waals surface area (Å²) in [6.45, 7) is 2.13. The largest absolute Gasteiger partial charge is 0.411 e. The SMILES string of the molecule is C[N+](C)(C)C[C@H]1CC[C@@H](C[N+](C)(C)C)C1=NO. The number of nitrogens with zero attached hydrogens (tertiary/aromatic N) is 3. The average molecular weight is 243 g/mol. The summed E-state index contributed by atoms with van der Waals surface area (Å²) in [5, 5.41) is 12.9. The molecule has 0 unspecified atom stereocenters. The van der Waals surface area contributed by atoms with Gasteiger partial charge in [-0.05, 0) is 12.8 Å². The van der Waals surface area contributed by atoms with Gasteiger partial charge in [-0.3, -0.25) is 0 Å². The van der Waals surface area contributed by atoms with E-state index in [-0.39, 0.29) is 0 Å². The van der Waals surface area contributed by atoms with Crippen LogP contribution < -0.4 is 0 Å². The zero-order valence-corrected chi connectivity index (χ0v) is 12.3. The molecule has 0 aromatic carbocycles. The van der Waals surface area contributed by atoms with E-state index in [9.17, 15) is 5.21 Å². The van der Waals surface area contributed by atoms with Crippen LogP contribution in [-0.2, 0) is 0 Å². The van der Waals surface area contributed by atoms with Gasteiger partial charge in [-0.15, -0.1) is 0 Å². The van der Waals surface area contributed by atoms with Crippen LogP contribution >= 0.6 is 0 Å². The minimum absolute atomic E-state index is 0.455. The van der Waals surface area contributed by atoms with Crippen molar-refractivity contribution in [2.75, 3.05) is 55.4 Å². The van der Waals surface area contributed by atoms with Gasteiger partial charge in [-0.2, -0.15) is 0 Å². The molecule has 0 aromatic rings. The Morgan fingerprint density at radius 3 is 1.53 bits per heavy atom. The van der Waals surface area contributed by atoms with Gasteiger partial charge in [-0.25, -0.2) is 0 Å². The van der Waals surface area contributed by atoms with Crippen molar-refractivity contribution in [2.24, 2.45) is 17.0 Å². The standard InChI is InChI=1S/C13H28N3O/c1-15(2,3)9-11-7-8-12(13(11)14-17)10-16(4,5)6/h11-12H,7-10H2,1-6H3/q+1/p+1/t11-,12+. The van der Waals surface area contributed by atoms with Gasteiger partial charge in [0.1, 0.15) is 0 Å². The van der Waals surface area contributed by atoms with Gasteiger partial charge >= 0.3 is 0 Å². The van der Waals surface area contributed by atoms with Crippen molar-refractivity contribution in [2.45, 2.75) is 12.8 Å². The summed E-state index contributed by atoms with van der Waals surface area (Å²) in [6.07, 6.45) is 2.33. The van der Waals surface area contributed by atoms with E-state index in [1.165, 1.54) is 12.8 Å². The molecule has 0 saturated heterocycles. The second-order valence-electron chi connectivity index (χ2n) is 7.44. The van der Waals surface area contributed by atoms with Crippen molar-refractivity contribution in [3.8, 4) is 0 Å². The normalized spacial score (nSPS) is 28.9. The fourth-order valence-electron chi connectivity index (χ4n) is 2.89. The summed E-state index contributed by atoms with van der Waals surface area (Å²) in [7, 11) is 13.2. The molecule has 100 valence electrons.